The Balaban J connectivity index is 0.00000338. The molecule has 1 aromatic rings. The largest absolute Gasteiger partial charge is 0.356 e. The zero-order chi connectivity index (χ0) is 18.2. The van der Waals surface area contributed by atoms with Gasteiger partial charge in [0.05, 0.1) is 0 Å². The van der Waals surface area contributed by atoms with Crippen LogP contribution in [0.15, 0.2) is 9.52 Å². The first-order valence-corrected chi connectivity index (χ1v) is 9.73. The van der Waals surface area contributed by atoms with Crippen molar-refractivity contribution in [2.24, 2.45) is 16.8 Å². The van der Waals surface area contributed by atoms with Gasteiger partial charge in [0, 0.05) is 39.5 Å². The number of nitrogens with one attached hydrogen (secondary N) is 1. The quantitative estimate of drug-likeness (QED) is 0.278. The minimum atomic E-state index is 0. The van der Waals surface area contributed by atoms with Gasteiger partial charge in [0.2, 0.25) is 5.89 Å². The molecule has 0 bridgehead atoms. The Morgan fingerprint density at radius 1 is 1.31 bits per heavy atom. The fourth-order valence-electron chi connectivity index (χ4n) is 3.41. The number of aryl methyl sites for hydroxylation is 1. The number of hydrogen-bond donors (Lipinski definition) is 1. The van der Waals surface area contributed by atoms with Gasteiger partial charge in [-0.05, 0) is 31.1 Å². The third kappa shape index (κ3) is 7.40. The van der Waals surface area contributed by atoms with Gasteiger partial charge in [0.1, 0.15) is 0 Å². The summed E-state index contributed by atoms with van der Waals surface area (Å²) in [5.74, 6) is 4.51. The monoisotopic (exact) mass is 477 g/mol. The predicted molar refractivity (Wildman–Crippen MR) is 117 cm³/mol. The van der Waals surface area contributed by atoms with Crippen LogP contribution >= 0.6 is 24.0 Å². The molecule has 26 heavy (non-hydrogen) atoms. The third-order valence-electron chi connectivity index (χ3n) is 5.09. The van der Waals surface area contributed by atoms with E-state index in [2.05, 4.69) is 53.2 Å². The Hall–Kier alpha value is -0.860. The molecule has 0 saturated heterocycles. The van der Waals surface area contributed by atoms with Crippen LogP contribution in [0, 0.1) is 11.8 Å². The van der Waals surface area contributed by atoms with E-state index in [-0.39, 0.29) is 24.0 Å². The second kappa shape index (κ2) is 11.8. The number of rotatable bonds is 7. The van der Waals surface area contributed by atoms with E-state index in [0.29, 0.717) is 5.92 Å². The Morgan fingerprint density at radius 2 is 2.00 bits per heavy atom. The van der Waals surface area contributed by atoms with Crippen molar-refractivity contribution in [3.05, 3.63) is 11.7 Å². The molecule has 1 fully saturated rings. The first-order valence-electron chi connectivity index (χ1n) is 9.73. The van der Waals surface area contributed by atoms with Gasteiger partial charge in [-0.1, -0.05) is 38.8 Å². The molecule has 1 aliphatic rings. The van der Waals surface area contributed by atoms with E-state index < -0.39 is 0 Å². The van der Waals surface area contributed by atoms with E-state index in [1.807, 2.05) is 7.05 Å². The van der Waals surface area contributed by atoms with Crippen molar-refractivity contribution in [1.82, 2.24) is 20.4 Å². The van der Waals surface area contributed by atoms with Crippen LogP contribution < -0.4 is 5.32 Å². The van der Waals surface area contributed by atoms with Crippen molar-refractivity contribution in [1.29, 1.82) is 0 Å². The van der Waals surface area contributed by atoms with Crippen LogP contribution in [0.3, 0.4) is 0 Å². The summed E-state index contributed by atoms with van der Waals surface area (Å²) in [4.78, 5) is 11.1. The van der Waals surface area contributed by atoms with Crippen LogP contribution in [0.4, 0.5) is 0 Å². The van der Waals surface area contributed by atoms with Gasteiger partial charge in [0.25, 0.3) is 0 Å². The Bertz CT molecular complexity index is 538. The fraction of sp³-hybridized carbons (Fsp3) is 0.842. The first-order chi connectivity index (χ1) is 12.0. The maximum absolute atomic E-state index is 5.29. The molecule has 0 amide bonds. The molecule has 0 spiro atoms. The molecule has 0 aliphatic heterocycles. The van der Waals surface area contributed by atoms with Gasteiger partial charge in [-0.2, -0.15) is 4.98 Å². The molecule has 1 saturated carbocycles. The van der Waals surface area contributed by atoms with Crippen LogP contribution in [-0.2, 0) is 6.42 Å². The third-order valence-corrected chi connectivity index (χ3v) is 5.09. The molecule has 6 nitrogen and oxygen atoms in total. The molecule has 1 aliphatic carbocycles. The molecule has 0 radical (unpaired) electrons. The van der Waals surface area contributed by atoms with E-state index in [9.17, 15) is 0 Å². The summed E-state index contributed by atoms with van der Waals surface area (Å²) in [5.41, 5.74) is 0. The molecule has 2 rings (SSSR count). The topological polar surface area (TPSA) is 66.5 Å². The van der Waals surface area contributed by atoms with Gasteiger partial charge >= 0.3 is 0 Å². The summed E-state index contributed by atoms with van der Waals surface area (Å²) in [7, 11) is 4.00. The fourth-order valence-corrected chi connectivity index (χ4v) is 3.41. The molecular weight excluding hydrogens is 441 g/mol. The standard InChI is InChI=1S/C19H35N5O.HI/c1-14(2)18-22-17(25-23-18)7-6-12-21-19(20-4)24(5)13-16-10-8-15(3)9-11-16;/h14-16H,6-13H2,1-5H3,(H,20,21);1H. The smallest absolute Gasteiger partial charge is 0.226 e. The van der Waals surface area contributed by atoms with E-state index in [1.54, 1.807) is 0 Å². The van der Waals surface area contributed by atoms with Crippen molar-refractivity contribution < 1.29 is 4.52 Å². The van der Waals surface area contributed by atoms with Crippen LogP contribution in [0.25, 0.3) is 0 Å². The number of guanidine groups is 1. The van der Waals surface area contributed by atoms with Crippen LogP contribution in [-0.4, -0.2) is 48.2 Å². The molecule has 1 heterocycles. The number of hydrogen-bond acceptors (Lipinski definition) is 4. The average Bonchev–Trinajstić information content (AvgIpc) is 3.06. The van der Waals surface area contributed by atoms with Crippen molar-refractivity contribution >= 4 is 29.9 Å². The van der Waals surface area contributed by atoms with Crippen molar-refractivity contribution in [2.75, 3.05) is 27.2 Å². The molecule has 1 N–H and O–H groups in total. The lowest BCUT2D eigenvalue weighted by atomic mass is 9.83. The van der Waals surface area contributed by atoms with E-state index in [4.69, 9.17) is 4.52 Å². The van der Waals surface area contributed by atoms with Crippen molar-refractivity contribution in [3.8, 4) is 0 Å². The lowest BCUT2D eigenvalue weighted by Crippen LogP contribution is -2.42. The summed E-state index contributed by atoms with van der Waals surface area (Å²) in [6, 6.07) is 0. The van der Waals surface area contributed by atoms with Crippen LogP contribution in [0.2, 0.25) is 0 Å². The zero-order valence-electron chi connectivity index (χ0n) is 17.0. The van der Waals surface area contributed by atoms with E-state index in [1.165, 1.54) is 25.7 Å². The molecule has 7 heteroatoms. The highest BCUT2D eigenvalue weighted by atomic mass is 127. The Labute approximate surface area is 175 Å². The van der Waals surface area contributed by atoms with Gasteiger partial charge in [-0.3, -0.25) is 4.99 Å². The molecule has 0 aromatic carbocycles. The highest BCUT2D eigenvalue weighted by Gasteiger charge is 2.20. The van der Waals surface area contributed by atoms with Crippen LogP contribution in [0.1, 0.15) is 70.5 Å². The van der Waals surface area contributed by atoms with Crippen molar-refractivity contribution in [2.45, 2.75) is 65.2 Å². The highest BCUT2D eigenvalue weighted by molar-refractivity contribution is 14.0. The number of nitrogens with zero attached hydrogens (tertiary/aromatic N) is 4. The number of aliphatic imine (C=N–C) groups is 1. The summed E-state index contributed by atoms with van der Waals surface area (Å²) >= 11 is 0. The van der Waals surface area contributed by atoms with Crippen molar-refractivity contribution in [3.63, 3.8) is 0 Å². The summed E-state index contributed by atoms with van der Waals surface area (Å²) < 4.78 is 5.29. The highest BCUT2D eigenvalue weighted by Crippen LogP contribution is 2.28. The minimum absolute atomic E-state index is 0. The predicted octanol–water partition coefficient (Wildman–Crippen LogP) is 4.08. The number of halogens is 1. The van der Waals surface area contributed by atoms with Crippen LogP contribution in [0.5, 0.6) is 0 Å². The maximum Gasteiger partial charge on any atom is 0.226 e. The molecular formula is C19H36IN5O. The second-order valence-corrected chi connectivity index (χ2v) is 7.78. The lowest BCUT2D eigenvalue weighted by molar-refractivity contribution is 0.250. The summed E-state index contributed by atoms with van der Waals surface area (Å²) in [6.45, 7) is 8.46. The van der Waals surface area contributed by atoms with Gasteiger partial charge in [-0.25, -0.2) is 0 Å². The van der Waals surface area contributed by atoms with Gasteiger partial charge in [0.15, 0.2) is 11.8 Å². The van der Waals surface area contributed by atoms with Gasteiger partial charge < -0.3 is 14.7 Å². The Morgan fingerprint density at radius 3 is 2.58 bits per heavy atom. The summed E-state index contributed by atoms with van der Waals surface area (Å²) in [5, 5.41) is 7.46. The molecule has 1 aromatic heterocycles. The maximum atomic E-state index is 5.29. The summed E-state index contributed by atoms with van der Waals surface area (Å²) in [6.07, 6.45) is 7.18. The Kier molecular flexibility index (Phi) is 10.5. The molecule has 0 atom stereocenters. The van der Waals surface area contributed by atoms with E-state index in [0.717, 1.165) is 55.4 Å². The average molecular weight is 477 g/mol. The normalized spacial score (nSPS) is 20.8. The number of aromatic nitrogens is 2. The minimum Gasteiger partial charge on any atom is -0.356 e. The molecule has 150 valence electrons. The second-order valence-electron chi connectivity index (χ2n) is 7.78. The lowest BCUT2D eigenvalue weighted by Gasteiger charge is -2.31. The zero-order valence-corrected chi connectivity index (χ0v) is 19.3. The first kappa shape index (κ1) is 23.2. The van der Waals surface area contributed by atoms with E-state index >= 15 is 0 Å². The molecule has 0 unspecified atom stereocenters. The SMILES string of the molecule is CN=C(NCCCc1nc(C(C)C)no1)N(C)CC1CCC(C)CC1.I. The van der Waals surface area contributed by atoms with Gasteiger partial charge in [-0.15, -0.1) is 24.0 Å².